The molecular weight excluding hydrogens is 411 g/mol. The number of likely N-dealkylation sites (tertiary alicyclic amines) is 1. The molecule has 0 aliphatic carbocycles. The molecule has 1 N–H and O–H groups in total. The molecule has 3 heterocycles. The van der Waals surface area contributed by atoms with E-state index >= 15 is 0 Å². The Morgan fingerprint density at radius 1 is 1.06 bits per heavy atom. The Morgan fingerprint density at radius 2 is 1.81 bits per heavy atom. The number of alkyl halides is 3. The number of aromatic nitrogens is 2. The molecule has 2 aliphatic heterocycles. The number of nitrogens with one attached hydrogen (secondary N) is 1. The Labute approximate surface area is 176 Å². The maximum Gasteiger partial charge on any atom is 0.416 e. The normalized spacial score (nSPS) is 20.3. The highest BCUT2D eigenvalue weighted by Crippen LogP contribution is 2.33. The van der Waals surface area contributed by atoms with Gasteiger partial charge in [-0.25, -0.2) is 4.79 Å². The maximum absolute atomic E-state index is 13.0. The second-order valence-corrected chi connectivity index (χ2v) is 8.06. The summed E-state index contributed by atoms with van der Waals surface area (Å²) in [5.41, 5.74) is -0.404. The molecule has 0 saturated carbocycles. The van der Waals surface area contributed by atoms with E-state index in [1.54, 1.807) is 4.57 Å². The van der Waals surface area contributed by atoms with Crippen LogP contribution in [-0.2, 0) is 6.18 Å². The number of hydrogen-bond donors (Lipinski definition) is 1. The second kappa shape index (κ2) is 7.64. The molecule has 2 aliphatic rings. The molecule has 1 fully saturated rings. The average molecular weight is 433 g/mol. The van der Waals surface area contributed by atoms with Crippen LogP contribution in [-0.4, -0.2) is 46.8 Å². The van der Waals surface area contributed by atoms with Crippen LogP contribution < -0.4 is 15.2 Å². The van der Waals surface area contributed by atoms with Gasteiger partial charge in [-0.05, 0) is 43.2 Å². The number of H-pyrrole nitrogens is 1. The third kappa shape index (κ3) is 3.89. The lowest BCUT2D eigenvalue weighted by Crippen LogP contribution is -2.45. The minimum absolute atomic E-state index is 0.0570. The summed E-state index contributed by atoms with van der Waals surface area (Å²) in [4.78, 5) is 17.3. The minimum atomic E-state index is -4.44. The molecule has 1 aromatic heterocycles. The van der Waals surface area contributed by atoms with E-state index in [-0.39, 0.29) is 23.4 Å². The van der Waals surface area contributed by atoms with Gasteiger partial charge in [-0.1, -0.05) is 12.1 Å². The van der Waals surface area contributed by atoms with Crippen molar-refractivity contribution in [2.45, 2.75) is 31.2 Å². The van der Waals surface area contributed by atoms with Gasteiger partial charge >= 0.3 is 11.9 Å². The van der Waals surface area contributed by atoms with E-state index in [1.807, 2.05) is 24.3 Å². The highest BCUT2D eigenvalue weighted by atomic mass is 19.4. The number of aromatic amines is 1. The Balaban J connectivity index is 1.25. The van der Waals surface area contributed by atoms with E-state index in [1.165, 1.54) is 6.07 Å². The molecule has 9 heteroatoms. The number of imidazole rings is 1. The van der Waals surface area contributed by atoms with E-state index < -0.39 is 11.7 Å². The fraction of sp³-hybridized carbons (Fsp3) is 0.409. The van der Waals surface area contributed by atoms with Gasteiger partial charge in [-0.3, -0.25) is 9.47 Å². The van der Waals surface area contributed by atoms with Crippen molar-refractivity contribution in [2.24, 2.45) is 0 Å². The number of benzene rings is 2. The van der Waals surface area contributed by atoms with Gasteiger partial charge in [0.2, 0.25) is 0 Å². The van der Waals surface area contributed by atoms with Crippen LogP contribution in [0.3, 0.4) is 0 Å². The van der Waals surface area contributed by atoms with Crippen molar-refractivity contribution in [1.82, 2.24) is 14.5 Å². The Bertz CT molecular complexity index is 1150. The number of rotatable bonds is 3. The van der Waals surface area contributed by atoms with Crippen molar-refractivity contribution in [3.05, 3.63) is 58.5 Å². The van der Waals surface area contributed by atoms with E-state index in [2.05, 4.69) is 9.88 Å². The number of hydrogen-bond acceptors (Lipinski definition) is 4. The van der Waals surface area contributed by atoms with E-state index in [0.717, 1.165) is 56.1 Å². The average Bonchev–Trinajstić information content (AvgIpc) is 3.08. The molecule has 0 spiro atoms. The van der Waals surface area contributed by atoms with Gasteiger partial charge in [0.25, 0.3) is 0 Å². The van der Waals surface area contributed by atoms with Gasteiger partial charge in [0.15, 0.2) is 11.5 Å². The number of para-hydroxylation sites is 2. The van der Waals surface area contributed by atoms with E-state index in [9.17, 15) is 18.0 Å². The minimum Gasteiger partial charge on any atom is -0.486 e. The number of nitrogens with zero attached hydrogens (tertiary/aromatic N) is 2. The summed E-state index contributed by atoms with van der Waals surface area (Å²) in [6.45, 7) is 2.75. The molecule has 0 amide bonds. The van der Waals surface area contributed by atoms with E-state index in [4.69, 9.17) is 9.47 Å². The summed E-state index contributed by atoms with van der Waals surface area (Å²) in [5.74, 6) is 1.50. The van der Waals surface area contributed by atoms with Crippen LogP contribution >= 0.6 is 0 Å². The van der Waals surface area contributed by atoms with Crippen molar-refractivity contribution >= 4 is 11.0 Å². The Kier molecular flexibility index (Phi) is 4.92. The highest BCUT2D eigenvalue weighted by Gasteiger charge is 2.32. The topological polar surface area (TPSA) is 59.5 Å². The number of fused-ring (bicyclic) bond motifs is 2. The Hall–Kier alpha value is -2.94. The molecular formula is C22H22F3N3O3. The fourth-order valence-electron chi connectivity index (χ4n) is 4.47. The van der Waals surface area contributed by atoms with Gasteiger partial charge in [-0.2, -0.15) is 13.2 Å². The van der Waals surface area contributed by atoms with Crippen molar-refractivity contribution in [1.29, 1.82) is 0 Å². The number of piperidine rings is 1. The van der Waals surface area contributed by atoms with Gasteiger partial charge in [0, 0.05) is 25.7 Å². The first kappa shape index (κ1) is 20.0. The van der Waals surface area contributed by atoms with Crippen molar-refractivity contribution in [3.8, 4) is 11.5 Å². The van der Waals surface area contributed by atoms with Gasteiger partial charge < -0.3 is 14.5 Å². The highest BCUT2D eigenvalue weighted by molar-refractivity contribution is 5.76. The van der Waals surface area contributed by atoms with Crippen LogP contribution in [0.15, 0.2) is 47.3 Å². The first-order valence-electron chi connectivity index (χ1n) is 10.3. The molecule has 3 aromatic rings. The lowest BCUT2D eigenvalue weighted by molar-refractivity contribution is -0.137. The monoisotopic (exact) mass is 433 g/mol. The zero-order valence-corrected chi connectivity index (χ0v) is 16.7. The molecule has 5 rings (SSSR count). The standard InChI is InChI=1S/C22H22F3N3O3/c23-22(24,25)14-5-6-18-17(11-14)26-21(29)28(18)15-7-9-27(10-8-15)12-16-13-30-19-3-1-2-4-20(19)31-16/h1-6,11,15-16H,7-10,12-13H2,(H,26,29). The first-order valence-corrected chi connectivity index (χ1v) is 10.3. The molecule has 1 saturated heterocycles. The molecule has 31 heavy (non-hydrogen) atoms. The summed E-state index contributed by atoms with van der Waals surface area (Å²) < 4.78 is 52.3. The van der Waals surface area contributed by atoms with Crippen LogP contribution in [0.1, 0.15) is 24.4 Å². The lowest BCUT2D eigenvalue weighted by Gasteiger charge is -2.36. The maximum atomic E-state index is 13.0. The molecule has 2 aromatic carbocycles. The van der Waals surface area contributed by atoms with Crippen LogP contribution in [0.2, 0.25) is 0 Å². The predicted molar refractivity (Wildman–Crippen MR) is 109 cm³/mol. The summed E-state index contributed by atoms with van der Waals surface area (Å²) in [6.07, 6.45) is -3.04. The summed E-state index contributed by atoms with van der Waals surface area (Å²) in [7, 11) is 0. The quantitative estimate of drug-likeness (QED) is 0.682. The van der Waals surface area contributed by atoms with Crippen LogP contribution in [0.5, 0.6) is 11.5 Å². The van der Waals surface area contributed by atoms with Crippen molar-refractivity contribution in [2.75, 3.05) is 26.2 Å². The SMILES string of the molecule is O=c1[nH]c2cc(C(F)(F)F)ccc2n1C1CCN(CC2COc3ccccc3O2)CC1. The van der Waals surface area contributed by atoms with Gasteiger partial charge in [-0.15, -0.1) is 0 Å². The lowest BCUT2D eigenvalue weighted by atomic mass is 10.0. The zero-order valence-electron chi connectivity index (χ0n) is 16.7. The summed E-state index contributed by atoms with van der Waals surface area (Å²) in [5, 5.41) is 0. The zero-order chi connectivity index (χ0) is 21.6. The largest absolute Gasteiger partial charge is 0.486 e. The van der Waals surface area contributed by atoms with E-state index in [0.29, 0.717) is 12.1 Å². The molecule has 164 valence electrons. The second-order valence-electron chi connectivity index (χ2n) is 8.06. The van der Waals surface area contributed by atoms with Crippen LogP contribution in [0.4, 0.5) is 13.2 Å². The molecule has 0 radical (unpaired) electrons. The van der Waals surface area contributed by atoms with Gasteiger partial charge in [0.05, 0.1) is 16.6 Å². The van der Waals surface area contributed by atoms with Crippen LogP contribution in [0.25, 0.3) is 11.0 Å². The number of halogens is 3. The molecule has 6 nitrogen and oxygen atoms in total. The molecule has 1 unspecified atom stereocenters. The molecule has 0 bridgehead atoms. The summed E-state index contributed by atoms with van der Waals surface area (Å²) >= 11 is 0. The third-order valence-electron chi connectivity index (χ3n) is 6.00. The van der Waals surface area contributed by atoms with Crippen LogP contribution in [0, 0.1) is 0 Å². The predicted octanol–water partition coefficient (Wildman–Crippen LogP) is 3.83. The summed E-state index contributed by atoms with van der Waals surface area (Å²) in [6, 6.07) is 10.9. The fourth-order valence-corrected chi connectivity index (χ4v) is 4.47. The first-order chi connectivity index (χ1) is 14.9. The van der Waals surface area contributed by atoms with Crippen molar-refractivity contribution < 1.29 is 22.6 Å². The molecule has 1 atom stereocenters. The smallest absolute Gasteiger partial charge is 0.416 e. The van der Waals surface area contributed by atoms with Gasteiger partial charge in [0.1, 0.15) is 12.7 Å². The third-order valence-corrected chi connectivity index (χ3v) is 6.00. The van der Waals surface area contributed by atoms with Crippen molar-refractivity contribution in [3.63, 3.8) is 0 Å². The Morgan fingerprint density at radius 3 is 2.55 bits per heavy atom. The number of ether oxygens (including phenoxy) is 2.